The first-order valence-electron chi connectivity index (χ1n) is 9.91. The number of hydrogen-bond donors (Lipinski definition) is 1. The first kappa shape index (κ1) is 21.5. The van der Waals surface area contributed by atoms with Crippen LogP contribution in [-0.2, 0) is 4.74 Å². The van der Waals surface area contributed by atoms with Gasteiger partial charge in [-0.25, -0.2) is 4.79 Å². The molecule has 3 aromatic rings. The summed E-state index contributed by atoms with van der Waals surface area (Å²) in [6.45, 7) is 11.5. The summed E-state index contributed by atoms with van der Waals surface area (Å²) in [6, 6.07) is 7.53. The molecule has 7 nitrogen and oxygen atoms in total. The van der Waals surface area contributed by atoms with Gasteiger partial charge in [0.2, 0.25) is 0 Å². The van der Waals surface area contributed by atoms with Crippen molar-refractivity contribution in [1.29, 1.82) is 0 Å². The van der Waals surface area contributed by atoms with Gasteiger partial charge in [0.15, 0.2) is 12.0 Å². The number of ether oxygens (including phenoxy) is 1. The summed E-state index contributed by atoms with van der Waals surface area (Å²) in [7, 11) is 0. The van der Waals surface area contributed by atoms with Crippen LogP contribution in [0.3, 0.4) is 0 Å². The average molecular weight is 458 g/mol. The van der Waals surface area contributed by atoms with Crippen molar-refractivity contribution in [2.75, 3.05) is 0 Å². The topological polar surface area (TPSA) is 81.4 Å². The second-order valence-electron chi connectivity index (χ2n) is 8.44. The molecule has 1 atom stereocenters. The number of hydrogen-bond acceptors (Lipinski definition) is 6. The Bertz CT molecular complexity index is 1190. The van der Waals surface area contributed by atoms with Gasteiger partial charge in [0.05, 0.1) is 5.71 Å². The van der Waals surface area contributed by atoms with Crippen LogP contribution >= 0.6 is 22.9 Å². The highest BCUT2D eigenvalue weighted by Gasteiger charge is 2.32. The van der Waals surface area contributed by atoms with E-state index in [2.05, 4.69) is 29.4 Å². The van der Waals surface area contributed by atoms with Crippen LogP contribution in [0.25, 0.3) is 5.00 Å². The molecule has 0 saturated heterocycles. The number of alkyl carbamates (subject to hydrolysis) is 1. The van der Waals surface area contributed by atoms with E-state index in [0.29, 0.717) is 10.8 Å². The fourth-order valence-corrected chi connectivity index (χ4v) is 4.79. The average Bonchev–Trinajstić information content (AvgIpc) is 3.14. The lowest BCUT2D eigenvalue weighted by Crippen LogP contribution is -2.35. The van der Waals surface area contributed by atoms with Crippen molar-refractivity contribution < 1.29 is 9.53 Å². The zero-order valence-electron chi connectivity index (χ0n) is 18.3. The van der Waals surface area contributed by atoms with Crippen LogP contribution in [0.4, 0.5) is 4.79 Å². The second kappa shape index (κ2) is 7.76. The van der Waals surface area contributed by atoms with E-state index in [9.17, 15) is 4.79 Å². The number of fused-ring (bicyclic) bond motifs is 3. The van der Waals surface area contributed by atoms with Crippen molar-refractivity contribution >= 4 is 34.7 Å². The van der Waals surface area contributed by atoms with E-state index >= 15 is 0 Å². The summed E-state index contributed by atoms with van der Waals surface area (Å²) >= 11 is 7.78. The largest absolute Gasteiger partial charge is 0.444 e. The molecule has 3 heterocycles. The number of amides is 1. The number of aliphatic imine (C=N–C) groups is 1. The van der Waals surface area contributed by atoms with Gasteiger partial charge in [-0.2, -0.15) is 0 Å². The normalized spacial score (nSPS) is 15.6. The Kier molecular flexibility index (Phi) is 5.39. The third-order valence-corrected chi connectivity index (χ3v) is 6.37. The third-order valence-electron chi connectivity index (χ3n) is 4.93. The Morgan fingerprint density at radius 2 is 1.84 bits per heavy atom. The maximum atomic E-state index is 12.6. The van der Waals surface area contributed by atoms with Crippen molar-refractivity contribution in [2.45, 2.75) is 53.3 Å². The summed E-state index contributed by atoms with van der Waals surface area (Å²) in [5.41, 5.74) is 3.17. The highest BCUT2D eigenvalue weighted by molar-refractivity contribution is 7.15. The molecule has 0 bridgehead atoms. The number of aromatic nitrogens is 3. The maximum Gasteiger partial charge on any atom is 0.409 e. The maximum absolute atomic E-state index is 12.6. The number of carbonyl (C=O) groups excluding carboxylic acids is 1. The number of benzene rings is 1. The molecule has 0 radical (unpaired) electrons. The number of aryl methyl sites for hydroxylation is 2. The van der Waals surface area contributed by atoms with Gasteiger partial charge in [-0.1, -0.05) is 23.7 Å². The van der Waals surface area contributed by atoms with E-state index in [1.165, 1.54) is 4.88 Å². The zero-order chi connectivity index (χ0) is 22.5. The zero-order valence-corrected chi connectivity index (χ0v) is 19.9. The molecule has 1 aliphatic rings. The van der Waals surface area contributed by atoms with E-state index in [1.807, 2.05) is 56.5 Å². The Morgan fingerprint density at radius 3 is 2.48 bits per heavy atom. The Balaban J connectivity index is 1.91. The molecule has 1 aliphatic heterocycles. The third kappa shape index (κ3) is 4.09. The molecular formula is C22H24ClN5O2S. The molecule has 1 amide bonds. The molecule has 0 saturated carbocycles. The van der Waals surface area contributed by atoms with Gasteiger partial charge in [0.25, 0.3) is 0 Å². The van der Waals surface area contributed by atoms with Crippen LogP contribution in [0.5, 0.6) is 0 Å². The van der Waals surface area contributed by atoms with Crippen molar-refractivity contribution in [3.63, 3.8) is 0 Å². The predicted molar refractivity (Wildman–Crippen MR) is 123 cm³/mol. The van der Waals surface area contributed by atoms with Crippen LogP contribution < -0.4 is 5.32 Å². The monoisotopic (exact) mass is 457 g/mol. The van der Waals surface area contributed by atoms with Gasteiger partial charge in [-0.15, -0.1) is 21.5 Å². The highest BCUT2D eigenvalue weighted by atomic mass is 35.5. The van der Waals surface area contributed by atoms with Gasteiger partial charge in [-0.05, 0) is 59.2 Å². The molecule has 162 valence electrons. The number of halogens is 1. The van der Waals surface area contributed by atoms with Gasteiger partial charge < -0.3 is 4.74 Å². The first-order chi connectivity index (χ1) is 14.5. The summed E-state index contributed by atoms with van der Waals surface area (Å²) < 4.78 is 7.44. The van der Waals surface area contributed by atoms with Crippen LogP contribution in [0, 0.1) is 20.8 Å². The van der Waals surface area contributed by atoms with E-state index in [0.717, 1.165) is 33.2 Å². The summed E-state index contributed by atoms with van der Waals surface area (Å²) in [5, 5.41) is 13.1. The SMILES string of the molecule is Cc1sc2c(c1C)C(c1ccc(Cl)cc1)=NC(NC(=O)OC(C)(C)C)c1nnc(C)n1-2. The van der Waals surface area contributed by atoms with Gasteiger partial charge in [0.1, 0.15) is 16.4 Å². The van der Waals surface area contributed by atoms with E-state index in [-0.39, 0.29) is 0 Å². The minimum absolute atomic E-state index is 0.537. The smallest absolute Gasteiger partial charge is 0.409 e. The lowest BCUT2D eigenvalue weighted by Gasteiger charge is -2.21. The summed E-state index contributed by atoms with van der Waals surface area (Å²) in [4.78, 5) is 18.7. The van der Waals surface area contributed by atoms with Gasteiger partial charge in [0, 0.05) is 21.0 Å². The van der Waals surface area contributed by atoms with E-state index in [4.69, 9.17) is 21.3 Å². The molecule has 0 spiro atoms. The highest BCUT2D eigenvalue weighted by Crippen LogP contribution is 2.38. The summed E-state index contributed by atoms with van der Waals surface area (Å²) in [6.07, 6.45) is -1.33. The molecule has 2 aromatic heterocycles. The molecule has 4 rings (SSSR count). The van der Waals surface area contributed by atoms with Crippen molar-refractivity contribution in [2.24, 2.45) is 4.99 Å². The van der Waals surface area contributed by atoms with Gasteiger partial charge >= 0.3 is 6.09 Å². The predicted octanol–water partition coefficient (Wildman–Crippen LogP) is 5.28. The molecule has 0 fully saturated rings. The Hall–Kier alpha value is -2.71. The minimum atomic E-state index is -0.763. The number of nitrogens with one attached hydrogen (secondary N) is 1. The number of thiophene rings is 1. The van der Waals surface area contributed by atoms with E-state index < -0.39 is 17.9 Å². The number of rotatable bonds is 2. The lowest BCUT2D eigenvalue weighted by molar-refractivity contribution is 0.0503. The number of carbonyl (C=O) groups is 1. The van der Waals surface area contributed by atoms with E-state index in [1.54, 1.807) is 11.3 Å². The standard InChI is InChI=1S/C22H24ClN5O2S/c1-11-12(2)31-20-16(11)17(14-7-9-15(23)10-8-14)24-18(19-27-26-13(3)28(19)20)25-21(29)30-22(4,5)6/h7-10,18H,1-6H3,(H,25,29). The molecule has 1 unspecified atom stereocenters. The fourth-order valence-electron chi connectivity index (χ4n) is 3.45. The summed E-state index contributed by atoms with van der Waals surface area (Å²) in [5.74, 6) is 1.26. The fraction of sp³-hybridized carbons (Fsp3) is 0.364. The first-order valence-corrected chi connectivity index (χ1v) is 11.1. The van der Waals surface area contributed by atoms with Crippen LogP contribution in [-0.4, -0.2) is 32.2 Å². The van der Waals surface area contributed by atoms with Gasteiger partial charge in [-0.3, -0.25) is 14.9 Å². The van der Waals surface area contributed by atoms with Crippen LogP contribution in [0.15, 0.2) is 29.3 Å². The Morgan fingerprint density at radius 1 is 1.16 bits per heavy atom. The van der Waals surface area contributed by atoms with Crippen molar-refractivity contribution in [3.05, 3.63) is 62.5 Å². The minimum Gasteiger partial charge on any atom is -0.444 e. The molecule has 9 heteroatoms. The van der Waals surface area contributed by atoms with Crippen molar-refractivity contribution in [3.8, 4) is 5.00 Å². The van der Waals surface area contributed by atoms with Crippen molar-refractivity contribution in [1.82, 2.24) is 20.1 Å². The molecule has 1 aromatic carbocycles. The number of nitrogens with zero attached hydrogens (tertiary/aromatic N) is 4. The van der Waals surface area contributed by atoms with Crippen LogP contribution in [0.2, 0.25) is 5.02 Å². The molecule has 31 heavy (non-hydrogen) atoms. The Labute approximate surface area is 190 Å². The lowest BCUT2D eigenvalue weighted by atomic mass is 10.00. The second-order valence-corrected chi connectivity index (χ2v) is 10.1. The molecular weight excluding hydrogens is 434 g/mol. The molecule has 1 N–H and O–H groups in total. The quantitative estimate of drug-likeness (QED) is 0.567. The molecule has 0 aliphatic carbocycles. The van der Waals surface area contributed by atoms with Crippen LogP contribution in [0.1, 0.15) is 60.2 Å².